The summed E-state index contributed by atoms with van der Waals surface area (Å²) in [4.78, 5) is 38.1. The van der Waals surface area contributed by atoms with Crippen LogP contribution in [0.4, 0.5) is 0 Å². The number of hydrogen-bond acceptors (Lipinski definition) is 6. The molecule has 0 radical (unpaired) electrons. The van der Waals surface area contributed by atoms with Crippen molar-refractivity contribution in [1.82, 2.24) is 0 Å². The molecule has 396 valence electrons. The Hall–Kier alpha value is -4.19. The predicted octanol–water partition coefficient (Wildman–Crippen LogP) is 19.3. The van der Waals surface area contributed by atoms with Crippen molar-refractivity contribution in [3.8, 4) is 0 Å². The second kappa shape index (κ2) is 57.4. The topological polar surface area (TPSA) is 78.9 Å². The summed E-state index contributed by atoms with van der Waals surface area (Å²) in [6.45, 7) is 6.38. The highest BCUT2D eigenvalue weighted by Gasteiger charge is 2.19. The van der Waals surface area contributed by atoms with Crippen LogP contribution in [0.15, 0.2) is 122 Å². The maximum Gasteiger partial charge on any atom is 0.306 e. The highest BCUT2D eigenvalue weighted by molar-refractivity contribution is 5.71. The van der Waals surface area contributed by atoms with Crippen LogP contribution in [-0.4, -0.2) is 37.2 Å². The van der Waals surface area contributed by atoms with Gasteiger partial charge < -0.3 is 14.2 Å². The van der Waals surface area contributed by atoms with Gasteiger partial charge in [-0.05, 0) is 122 Å². The molecule has 0 fully saturated rings. The molecular weight excluding hydrogens is 865 g/mol. The molecular formula is C64H104O6. The first kappa shape index (κ1) is 65.8. The van der Waals surface area contributed by atoms with Gasteiger partial charge in [0.15, 0.2) is 6.10 Å². The van der Waals surface area contributed by atoms with E-state index in [9.17, 15) is 14.4 Å². The van der Waals surface area contributed by atoms with E-state index in [0.717, 1.165) is 135 Å². The fourth-order valence-electron chi connectivity index (χ4n) is 7.40. The Bertz CT molecular complexity index is 1490. The van der Waals surface area contributed by atoms with E-state index in [4.69, 9.17) is 14.2 Å². The second-order valence-corrected chi connectivity index (χ2v) is 18.5. The fourth-order valence-corrected chi connectivity index (χ4v) is 7.40. The van der Waals surface area contributed by atoms with Gasteiger partial charge in [-0.15, -0.1) is 0 Å². The molecule has 0 aromatic carbocycles. The molecule has 1 atom stereocenters. The van der Waals surface area contributed by atoms with Crippen LogP contribution in [0.1, 0.15) is 245 Å². The van der Waals surface area contributed by atoms with Gasteiger partial charge in [0.1, 0.15) is 13.2 Å². The van der Waals surface area contributed by atoms with Crippen molar-refractivity contribution < 1.29 is 28.6 Å². The zero-order chi connectivity index (χ0) is 50.7. The van der Waals surface area contributed by atoms with Gasteiger partial charge in [-0.3, -0.25) is 14.4 Å². The lowest BCUT2D eigenvalue weighted by molar-refractivity contribution is -0.167. The van der Waals surface area contributed by atoms with Gasteiger partial charge in [-0.2, -0.15) is 0 Å². The first-order chi connectivity index (χ1) is 34.5. The van der Waals surface area contributed by atoms with Gasteiger partial charge >= 0.3 is 17.9 Å². The SMILES string of the molecule is CC/C=C\C/C=C\C/C=C\C/C=C\C/C=C\C/C=C\C/C=C\CCCC(=O)OCC(COC(=O)CCCCCCC/C=C\C/C=C\CCC)OC(=O)CCCCCCC/C=C\CCCCCCCCC. The monoisotopic (exact) mass is 969 g/mol. The molecule has 6 nitrogen and oxygen atoms in total. The lowest BCUT2D eigenvalue weighted by Crippen LogP contribution is -2.30. The molecule has 0 spiro atoms. The van der Waals surface area contributed by atoms with Crippen LogP contribution in [0.2, 0.25) is 0 Å². The van der Waals surface area contributed by atoms with E-state index in [2.05, 4.69) is 142 Å². The van der Waals surface area contributed by atoms with Gasteiger partial charge in [0.05, 0.1) is 0 Å². The average molecular weight is 970 g/mol. The molecule has 0 aromatic heterocycles. The number of unbranched alkanes of at least 4 members (excludes halogenated alkanes) is 19. The molecule has 0 aliphatic heterocycles. The number of allylic oxidation sites excluding steroid dienone is 20. The van der Waals surface area contributed by atoms with Gasteiger partial charge in [0.2, 0.25) is 0 Å². The first-order valence-electron chi connectivity index (χ1n) is 28.5. The third kappa shape index (κ3) is 54.7. The number of esters is 3. The normalized spacial score (nSPS) is 13.0. The fraction of sp³-hybridized carbons (Fsp3) is 0.641. The summed E-state index contributed by atoms with van der Waals surface area (Å²) in [5, 5.41) is 0. The smallest absolute Gasteiger partial charge is 0.306 e. The maximum absolute atomic E-state index is 12.8. The molecule has 6 heteroatoms. The zero-order valence-corrected chi connectivity index (χ0v) is 45.2. The second-order valence-electron chi connectivity index (χ2n) is 18.5. The van der Waals surface area contributed by atoms with E-state index in [1.807, 2.05) is 0 Å². The van der Waals surface area contributed by atoms with Crippen LogP contribution in [-0.2, 0) is 28.6 Å². The van der Waals surface area contributed by atoms with Crippen LogP contribution < -0.4 is 0 Å². The molecule has 0 amide bonds. The van der Waals surface area contributed by atoms with Crippen LogP contribution in [0, 0.1) is 0 Å². The van der Waals surface area contributed by atoms with Gasteiger partial charge in [0, 0.05) is 19.3 Å². The van der Waals surface area contributed by atoms with E-state index >= 15 is 0 Å². The van der Waals surface area contributed by atoms with Crippen molar-refractivity contribution in [2.24, 2.45) is 0 Å². The zero-order valence-electron chi connectivity index (χ0n) is 45.2. The lowest BCUT2D eigenvalue weighted by Gasteiger charge is -2.18. The van der Waals surface area contributed by atoms with Crippen molar-refractivity contribution in [3.63, 3.8) is 0 Å². The van der Waals surface area contributed by atoms with Crippen molar-refractivity contribution >= 4 is 17.9 Å². The quantitative estimate of drug-likeness (QED) is 0.0262. The molecule has 0 aliphatic carbocycles. The third-order valence-corrected chi connectivity index (χ3v) is 11.7. The largest absolute Gasteiger partial charge is 0.462 e. The van der Waals surface area contributed by atoms with E-state index in [1.165, 1.54) is 64.2 Å². The summed E-state index contributed by atoms with van der Waals surface area (Å²) in [6, 6.07) is 0. The molecule has 0 heterocycles. The minimum Gasteiger partial charge on any atom is -0.462 e. The summed E-state index contributed by atoms with van der Waals surface area (Å²) in [6.07, 6.45) is 79.1. The summed E-state index contributed by atoms with van der Waals surface area (Å²) >= 11 is 0. The minimum atomic E-state index is -0.815. The Balaban J connectivity index is 4.50. The van der Waals surface area contributed by atoms with E-state index in [-0.39, 0.29) is 37.5 Å². The standard InChI is InChI=1S/C64H104O6/c1-4-7-10-13-16-19-22-25-27-29-30-31-32-33-34-35-37-39-42-45-48-51-54-57-63(66)69-60-61(59-68-62(65)56-53-50-47-44-41-38-24-21-18-15-12-9-6-3)70-64(67)58-55-52-49-46-43-40-36-28-26-23-20-17-14-11-8-5-2/h7,10,12,15-16,19,21,24-25,27-28,30-31,33-34,36-37,39,45,48,61H,4-6,8-9,11,13-14,17-18,20,22-23,26,29,32,35,38,40-44,46-47,49-60H2,1-3H3/b10-7-,15-12-,19-16-,24-21-,27-25-,31-30-,34-33-,36-28-,39-37-,48-45-. The number of carbonyl (C=O) groups is 3. The van der Waals surface area contributed by atoms with Crippen LogP contribution in [0.3, 0.4) is 0 Å². The highest BCUT2D eigenvalue weighted by Crippen LogP contribution is 2.13. The Morgan fingerprint density at radius 1 is 0.300 bits per heavy atom. The highest BCUT2D eigenvalue weighted by atomic mass is 16.6. The number of hydrogen-bond donors (Lipinski definition) is 0. The van der Waals surface area contributed by atoms with Gasteiger partial charge in [0.25, 0.3) is 0 Å². The van der Waals surface area contributed by atoms with Crippen molar-refractivity contribution in [2.45, 2.75) is 252 Å². The molecule has 1 unspecified atom stereocenters. The minimum absolute atomic E-state index is 0.109. The molecule has 70 heavy (non-hydrogen) atoms. The van der Waals surface area contributed by atoms with Crippen LogP contribution >= 0.6 is 0 Å². The first-order valence-corrected chi connectivity index (χ1v) is 28.5. The number of carbonyl (C=O) groups excluding carboxylic acids is 3. The number of ether oxygens (including phenoxy) is 3. The summed E-state index contributed by atoms with van der Waals surface area (Å²) in [7, 11) is 0. The molecule has 0 saturated heterocycles. The third-order valence-electron chi connectivity index (χ3n) is 11.7. The number of rotatable bonds is 50. The average Bonchev–Trinajstić information content (AvgIpc) is 3.36. The molecule has 0 aliphatic rings. The maximum atomic E-state index is 12.8. The molecule has 0 rings (SSSR count). The lowest BCUT2D eigenvalue weighted by atomic mass is 10.1. The van der Waals surface area contributed by atoms with E-state index in [0.29, 0.717) is 19.3 Å². The van der Waals surface area contributed by atoms with Gasteiger partial charge in [-0.25, -0.2) is 0 Å². The Kier molecular flexibility index (Phi) is 54.0. The van der Waals surface area contributed by atoms with Crippen LogP contribution in [0.25, 0.3) is 0 Å². The summed E-state index contributed by atoms with van der Waals surface area (Å²) in [5.74, 6) is -0.996. The Labute approximate surface area is 431 Å². The van der Waals surface area contributed by atoms with E-state index in [1.54, 1.807) is 0 Å². The van der Waals surface area contributed by atoms with Crippen molar-refractivity contribution in [3.05, 3.63) is 122 Å². The molecule has 0 aromatic rings. The molecule has 0 saturated carbocycles. The van der Waals surface area contributed by atoms with Gasteiger partial charge in [-0.1, -0.05) is 226 Å². The van der Waals surface area contributed by atoms with Crippen molar-refractivity contribution in [1.29, 1.82) is 0 Å². The predicted molar refractivity (Wildman–Crippen MR) is 302 cm³/mol. The Morgan fingerprint density at radius 2 is 0.600 bits per heavy atom. The molecule has 0 N–H and O–H groups in total. The van der Waals surface area contributed by atoms with E-state index < -0.39 is 6.10 Å². The Morgan fingerprint density at radius 3 is 1.00 bits per heavy atom. The van der Waals surface area contributed by atoms with Crippen LogP contribution in [0.5, 0.6) is 0 Å². The molecule has 0 bridgehead atoms. The van der Waals surface area contributed by atoms with Crippen molar-refractivity contribution in [2.75, 3.05) is 13.2 Å². The summed E-state index contributed by atoms with van der Waals surface area (Å²) in [5.41, 5.74) is 0. The summed E-state index contributed by atoms with van der Waals surface area (Å²) < 4.78 is 16.8.